The summed E-state index contributed by atoms with van der Waals surface area (Å²) >= 11 is 0. The molecule has 0 radical (unpaired) electrons. The molecule has 2 aromatic heterocycles. The molecule has 1 fully saturated rings. The Kier molecular flexibility index (Phi) is 7.77. The van der Waals surface area contributed by atoms with Gasteiger partial charge in [-0.25, -0.2) is 4.79 Å². The van der Waals surface area contributed by atoms with E-state index in [-0.39, 0.29) is 25.3 Å². The van der Waals surface area contributed by atoms with Gasteiger partial charge >= 0.3 is 5.69 Å². The van der Waals surface area contributed by atoms with Gasteiger partial charge in [-0.2, -0.15) is 4.98 Å². The van der Waals surface area contributed by atoms with Gasteiger partial charge in [-0.1, -0.05) is 103 Å². The van der Waals surface area contributed by atoms with Crippen LogP contribution in [0.25, 0.3) is 11.1 Å². The van der Waals surface area contributed by atoms with Crippen LogP contribution in [0.2, 0.25) is 0 Å². The Hall–Kier alpha value is -5.02. The largest absolute Gasteiger partial charge is 0.486 e. The summed E-state index contributed by atoms with van der Waals surface area (Å²) in [5.74, 6) is 1.17. The van der Waals surface area contributed by atoms with Crippen molar-refractivity contribution in [1.29, 1.82) is 0 Å². The van der Waals surface area contributed by atoms with Crippen LogP contribution in [-0.2, 0) is 16.8 Å². The van der Waals surface area contributed by atoms with Crippen molar-refractivity contribution >= 4 is 11.1 Å². The van der Waals surface area contributed by atoms with Crippen molar-refractivity contribution in [3.05, 3.63) is 166 Å². The minimum atomic E-state index is -0.861. The second kappa shape index (κ2) is 12.2. The molecule has 8 heteroatoms. The predicted molar refractivity (Wildman–Crippen MR) is 169 cm³/mol. The van der Waals surface area contributed by atoms with E-state index in [0.717, 1.165) is 22.3 Å². The second-order valence-corrected chi connectivity index (χ2v) is 11.2. The molecule has 1 saturated heterocycles. The third-order valence-corrected chi connectivity index (χ3v) is 8.47. The van der Waals surface area contributed by atoms with Crippen molar-refractivity contribution in [3.63, 3.8) is 0 Å². The predicted octanol–water partition coefficient (Wildman–Crippen LogP) is 5.59. The molecule has 0 unspecified atom stereocenters. The van der Waals surface area contributed by atoms with E-state index < -0.39 is 29.5 Å². The number of aliphatic hydroxyl groups is 2. The van der Waals surface area contributed by atoms with Crippen molar-refractivity contribution in [2.24, 2.45) is 0 Å². The maximum atomic E-state index is 12.7. The van der Waals surface area contributed by atoms with E-state index in [4.69, 9.17) is 13.9 Å². The monoisotopic (exact) mass is 600 g/mol. The van der Waals surface area contributed by atoms with Gasteiger partial charge in [-0.15, -0.1) is 0 Å². The molecule has 0 amide bonds. The number of ether oxygens (including phenoxy) is 2. The highest BCUT2D eigenvalue weighted by Crippen LogP contribution is 2.45. The topological polar surface area (TPSA) is 107 Å². The SMILES string of the molecule is O=c1nc2oc(COc3ccc(C(c4ccccc4)(c4ccccc4)c4ccccc4)cc3)cc2cn1[C@H]1C[C@H](O)[C@@H](CO)O1. The van der Waals surface area contributed by atoms with Gasteiger partial charge < -0.3 is 24.1 Å². The van der Waals surface area contributed by atoms with Gasteiger partial charge in [0.2, 0.25) is 5.71 Å². The van der Waals surface area contributed by atoms with Crippen molar-refractivity contribution in [1.82, 2.24) is 9.55 Å². The quantitative estimate of drug-likeness (QED) is 0.208. The van der Waals surface area contributed by atoms with Crippen LogP contribution in [0.5, 0.6) is 5.75 Å². The minimum Gasteiger partial charge on any atom is -0.486 e. The maximum absolute atomic E-state index is 12.7. The number of fused-ring (bicyclic) bond motifs is 1. The molecule has 3 heterocycles. The Morgan fingerprint density at radius 1 is 0.822 bits per heavy atom. The highest BCUT2D eigenvalue weighted by Gasteiger charge is 2.38. The molecule has 226 valence electrons. The van der Waals surface area contributed by atoms with Crippen molar-refractivity contribution in [2.75, 3.05) is 6.61 Å². The van der Waals surface area contributed by atoms with E-state index in [1.54, 1.807) is 12.3 Å². The summed E-state index contributed by atoms with van der Waals surface area (Å²) in [4.78, 5) is 16.7. The fourth-order valence-electron chi connectivity index (χ4n) is 6.33. The van der Waals surface area contributed by atoms with Gasteiger partial charge in [0.1, 0.15) is 30.4 Å². The number of rotatable bonds is 9. The highest BCUT2D eigenvalue weighted by atomic mass is 16.5. The maximum Gasteiger partial charge on any atom is 0.353 e. The number of hydrogen-bond donors (Lipinski definition) is 2. The van der Waals surface area contributed by atoms with Gasteiger partial charge in [0, 0.05) is 12.6 Å². The number of nitrogens with zero attached hydrogens (tertiary/aromatic N) is 2. The molecular formula is C37H32N2O6. The number of aromatic nitrogens is 2. The molecule has 0 bridgehead atoms. The zero-order valence-electron chi connectivity index (χ0n) is 24.4. The Balaban J connectivity index is 1.17. The Morgan fingerprint density at radius 2 is 1.38 bits per heavy atom. The summed E-state index contributed by atoms with van der Waals surface area (Å²) in [7, 11) is 0. The van der Waals surface area contributed by atoms with Crippen molar-refractivity contribution in [2.45, 2.75) is 36.9 Å². The van der Waals surface area contributed by atoms with Crippen LogP contribution in [0.4, 0.5) is 0 Å². The smallest absolute Gasteiger partial charge is 0.353 e. The fourth-order valence-corrected chi connectivity index (χ4v) is 6.33. The third-order valence-electron chi connectivity index (χ3n) is 8.47. The van der Waals surface area contributed by atoms with Crippen LogP contribution < -0.4 is 10.4 Å². The van der Waals surface area contributed by atoms with E-state index >= 15 is 0 Å². The Bertz CT molecular complexity index is 1840. The lowest BCUT2D eigenvalue weighted by atomic mass is 9.65. The van der Waals surface area contributed by atoms with Gasteiger partial charge in [-0.05, 0) is 40.5 Å². The van der Waals surface area contributed by atoms with Gasteiger partial charge in [0.25, 0.3) is 0 Å². The second-order valence-electron chi connectivity index (χ2n) is 11.2. The lowest BCUT2D eigenvalue weighted by Gasteiger charge is -2.36. The molecule has 3 atom stereocenters. The van der Waals surface area contributed by atoms with E-state index in [2.05, 4.69) is 89.9 Å². The van der Waals surface area contributed by atoms with E-state index in [1.807, 2.05) is 30.3 Å². The Morgan fingerprint density at radius 3 is 1.91 bits per heavy atom. The van der Waals surface area contributed by atoms with Gasteiger partial charge in [0.05, 0.1) is 23.5 Å². The molecule has 7 rings (SSSR count). The normalized spacial score (nSPS) is 18.3. The van der Waals surface area contributed by atoms with E-state index in [0.29, 0.717) is 16.9 Å². The molecule has 1 aliphatic rings. The average Bonchev–Trinajstić information content (AvgIpc) is 3.67. The zero-order valence-corrected chi connectivity index (χ0v) is 24.4. The first-order chi connectivity index (χ1) is 22.1. The molecule has 8 nitrogen and oxygen atoms in total. The van der Waals surface area contributed by atoms with Crippen LogP contribution in [0.3, 0.4) is 0 Å². The van der Waals surface area contributed by atoms with Crippen molar-refractivity contribution in [3.8, 4) is 5.75 Å². The van der Waals surface area contributed by atoms with Crippen LogP contribution >= 0.6 is 0 Å². The molecule has 6 aromatic rings. The first-order valence-corrected chi connectivity index (χ1v) is 14.9. The number of benzene rings is 4. The number of aliphatic hydroxyl groups excluding tert-OH is 2. The lowest BCUT2D eigenvalue weighted by Crippen LogP contribution is -2.30. The van der Waals surface area contributed by atoms with Gasteiger partial charge in [0.15, 0.2) is 0 Å². The molecule has 45 heavy (non-hydrogen) atoms. The van der Waals surface area contributed by atoms with Crippen LogP contribution in [0.1, 0.15) is 40.7 Å². The van der Waals surface area contributed by atoms with Gasteiger partial charge in [-0.3, -0.25) is 4.57 Å². The van der Waals surface area contributed by atoms with Crippen LogP contribution in [0.15, 0.2) is 137 Å². The van der Waals surface area contributed by atoms with E-state index in [9.17, 15) is 15.0 Å². The van der Waals surface area contributed by atoms with Crippen LogP contribution in [0, 0.1) is 0 Å². The molecule has 2 N–H and O–H groups in total. The van der Waals surface area contributed by atoms with E-state index in [1.165, 1.54) is 4.57 Å². The summed E-state index contributed by atoms with van der Waals surface area (Å²) in [6.45, 7) is -0.196. The van der Waals surface area contributed by atoms with Crippen LogP contribution in [-0.4, -0.2) is 38.6 Å². The molecule has 0 spiro atoms. The highest BCUT2D eigenvalue weighted by molar-refractivity contribution is 5.72. The summed E-state index contributed by atoms with van der Waals surface area (Å²) < 4.78 is 18.9. The molecular weight excluding hydrogens is 568 g/mol. The fraction of sp³-hybridized carbons (Fsp3) is 0.189. The third kappa shape index (κ3) is 5.33. The van der Waals surface area contributed by atoms with Crippen molar-refractivity contribution < 1.29 is 24.1 Å². The summed E-state index contributed by atoms with van der Waals surface area (Å²) in [6, 6.07) is 41.5. The summed E-state index contributed by atoms with van der Waals surface area (Å²) in [5.41, 5.74) is 3.66. The lowest BCUT2D eigenvalue weighted by molar-refractivity contribution is -0.0457. The summed E-state index contributed by atoms with van der Waals surface area (Å²) in [5, 5.41) is 20.1. The first-order valence-electron chi connectivity index (χ1n) is 14.9. The molecule has 0 aliphatic carbocycles. The zero-order chi connectivity index (χ0) is 30.8. The first kappa shape index (κ1) is 28.7. The molecule has 0 saturated carbocycles. The standard InChI is InChI=1S/C37H32N2O6/c40-23-33-32(41)21-34(45-33)39-22-25-20-31(44-35(25)38-36(39)42)24-43-30-18-16-29(17-19-30)37(26-10-4-1-5-11-26,27-12-6-2-7-13-27)28-14-8-3-9-15-28/h1-20,22,32-34,40-41H,21,23-24H2/t32-,33+,34+/m0/s1. The Labute approximate surface area is 259 Å². The number of furan rings is 1. The number of hydrogen-bond acceptors (Lipinski definition) is 7. The summed E-state index contributed by atoms with van der Waals surface area (Å²) in [6.07, 6.45) is -0.539. The minimum absolute atomic E-state index is 0.135. The molecule has 4 aromatic carbocycles. The molecule has 1 aliphatic heterocycles. The average molecular weight is 601 g/mol.